The summed E-state index contributed by atoms with van der Waals surface area (Å²) in [7, 11) is 0. The highest BCUT2D eigenvalue weighted by Gasteiger charge is 2.30. The molecule has 0 heteroatoms. The largest absolute Gasteiger partial charge is 0.0622 e. The summed E-state index contributed by atoms with van der Waals surface area (Å²) >= 11 is 0. The Hall–Kier alpha value is -0.780. The average molecular weight is 258 g/mol. The van der Waals surface area contributed by atoms with E-state index >= 15 is 0 Å². The van der Waals surface area contributed by atoms with Crippen LogP contribution in [-0.4, -0.2) is 0 Å². The zero-order chi connectivity index (χ0) is 14.2. The Morgan fingerprint density at radius 3 is 1.84 bits per heavy atom. The molecular formula is C19H30. The van der Waals surface area contributed by atoms with Crippen LogP contribution in [0.2, 0.25) is 0 Å². The summed E-state index contributed by atoms with van der Waals surface area (Å²) in [6.45, 7) is 14.1. The Bertz CT molecular complexity index is 408. The van der Waals surface area contributed by atoms with E-state index in [1.807, 2.05) is 0 Å². The van der Waals surface area contributed by atoms with Crippen LogP contribution in [0.25, 0.3) is 0 Å². The first-order valence-corrected chi connectivity index (χ1v) is 7.95. The Morgan fingerprint density at radius 2 is 1.37 bits per heavy atom. The Labute approximate surface area is 119 Å². The molecule has 0 bridgehead atoms. The van der Waals surface area contributed by atoms with Gasteiger partial charge in [-0.3, -0.25) is 0 Å². The second-order valence-corrected chi connectivity index (χ2v) is 7.21. The van der Waals surface area contributed by atoms with Crippen molar-refractivity contribution in [2.45, 2.75) is 60.8 Å². The van der Waals surface area contributed by atoms with Crippen LogP contribution in [-0.2, 0) is 6.42 Å². The van der Waals surface area contributed by atoms with Crippen molar-refractivity contribution < 1.29 is 0 Å². The average Bonchev–Trinajstić information content (AvgIpc) is 2.33. The third-order valence-electron chi connectivity index (χ3n) is 5.72. The Morgan fingerprint density at radius 1 is 0.895 bits per heavy atom. The van der Waals surface area contributed by atoms with E-state index in [-0.39, 0.29) is 0 Å². The molecule has 2 rings (SSSR count). The van der Waals surface area contributed by atoms with Gasteiger partial charge in [0.25, 0.3) is 0 Å². The molecule has 0 spiro atoms. The first-order valence-electron chi connectivity index (χ1n) is 7.95. The number of rotatable bonds is 2. The van der Waals surface area contributed by atoms with Crippen molar-refractivity contribution >= 4 is 0 Å². The van der Waals surface area contributed by atoms with E-state index in [1.54, 1.807) is 5.56 Å². The molecule has 1 aromatic carbocycles. The normalized spacial score (nSPS) is 31.5. The molecule has 19 heavy (non-hydrogen) atoms. The highest BCUT2D eigenvalue weighted by molar-refractivity contribution is 5.37. The number of hydrogen-bond donors (Lipinski definition) is 0. The topological polar surface area (TPSA) is 0 Å². The number of benzene rings is 1. The Balaban J connectivity index is 2.09. The minimum atomic E-state index is 0.890. The van der Waals surface area contributed by atoms with Crippen LogP contribution in [0.4, 0.5) is 0 Å². The van der Waals surface area contributed by atoms with Crippen LogP contribution >= 0.6 is 0 Å². The van der Waals surface area contributed by atoms with Crippen molar-refractivity contribution in [2.24, 2.45) is 23.7 Å². The molecule has 2 unspecified atom stereocenters. The molecule has 1 aliphatic carbocycles. The van der Waals surface area contributed by atoms with Crippen LogP contribution in [0.3, 0.4) is 0 Å². The molecule has 2 atom stereocenters. The van der Waals surface area contributed by atoms with Gasteiger partial charge in [0.15, 0.2) is 0 Å². The lowest BCUT2D eigenvalue weighted by molar-refractivity contribution is 0.141. The lowest BCUT2D eigenvalue weighted by atomic mass is 9.68. The monoisotopic (exact) mass is 258 g/mol. The maximum absolute atomic E-state index is 2.44. The third kappa shape index (κ3) is 3.22. The van der Waals surface area contributed by atoms with E-state index in [4.69, 9.17) is 0 Å². The molecule has 1 saturated carbocycles. The highest BCUT2D eigenvalue weighted by atomic mass is 14.3. The molecule has 0 N–H and O–H groups in total. The van der Waals surface area contributed by atoms with Crippen molar-refractivity contribution in [1.82, 2.24) is 0 Å². The summed E-state index contributed by atoms with van der Waals surface area (Å²) in [6.07, 6.45) is 4.11. The quantitative estimate of drug-likeness (QED) is 0.659. The van der Waals surface area contributed by atoms with Crippen molar-refractivity contribution in [2.75, 3.05) is 0 Å². The van der Waals surface area contributed by atoms with Gasteiger partial charge in [0.2, 0.25) is 0 Å². The highest BCUT2D eigenvalue weighted by Crippen LogP contribution is 2.39. The lowest BCUT2D eigenvalue weighted by Crippen LogP contribution is -2.28. The molecular weight excluding hydrogens is 228 g/mol. The van der Waals surface area contributed by atoms with E-state index < -0.39 is 0 Å². The van der Waals surface area contributed by atoms with Gasteiger partial charge in [-0.2, -0.15) is 0 Å². The lowest BCUT2D eigenvalue weighted by Gasteiger charge is -2.37. The predicted octanol–water partition coefficient (Wildman–Crippen LogP) is 5.47. The summed E-state index contributed by atoms with van der Waals surface area (Å²) in [5.74, 6) is 3.57. The summed E-state index contributed by atoms with van der Waals surface area (Å²) in [5, 5.41) is 0. The Kier molecular flexibility index (Phi) is 4.38. The summed E-state index contributed by atoms with van der Waals surface area (Å²) in [5.41, 5.74) is 5.93. The van der Waals surface area contributed by atoms with Gasteiger partial charge in [0.05, 0.1) is 0 Å². The second kappa shape index (κ2) is 5.69. The summed E-state index contributed by atoms with van der Waals surface area (Å²) in [4.78, 5) is 0. The molecule has 0 amide bonds. The van der Waals surface area contributed by atoms with Crippen LogP contribution < -0.4 is 0 Å². The van der Waals surface area contributed by atoms with Gasteiger partial charge in [-0.1, -0.05) is 32.9 Å². The molecule has 106 valence electrons. The minimum Gasteiger partial charge on any atom is -0.0622 e. The fraction of sp³-hybridized carbons (Fsp3) is 0.684. The van der Waals surface area contributed by atoms with Gasteiger partial charge in [-0.05, 0) is 86.0 Å². The second-order valence-electron chi connectivity index (χ2n) is 7.21. The van der Waals surface area contributed by atoms with Crippen LogP contribution in [0.5, 0.6) is 0 Å². The molecule has 1 aromatic rings. The molecule has 0 saturated heterocycles. The van der Waals surface area contributed by atoms with E-state index in [1.165, 1.54) is 36.0 Å². The minimum absolute atomic E-state index is 0.890. The van der Waals surface area contributed by atoms with E-state index in [2.05, 4.69) is 53.7 Å². The van der Waals surface area contributed by atoms with Gasteiger partial charge in [0.1, 0.15) is 0 Å². The van der Waals surface area contributed by atoms with Crippen molar-refractivity contribution in [1.29, 1.82) is 0 Å². The van der Waals surface area contributed by atoms with E-state index in [0.29, 0.717) is 0 Å². The van der Waals surface area contributed by atoms with Gasteiger partial charge in [-0.25, -0.2) is 0 Å². The molecule has 0 radical (unpaired) electrons. The van der Waals surface area contributed by atoms with E-state index in [9.17, 15) is 0 Å². The van der Waals surface area contributed by atoms with Crippen LogP contribution in [0.1, 0.15) is 55.9 Å². The molecule has 1 aliphatic rings. The zero-order valence-corrected chi connectivity index (χ0v) is 13.6. The number of hydrogen-bond acceptors (Lipinski definition) is 0. The van der Waals surface area contributed by atoms with Gasteiger partial charge < -0.3 is 0 Å². The SMILES string of the molecule is Cc1cc(CC2CC(C)C(C)C(C)C2)cc(C)c1C. The van der Waals surface area contributed by atoms with Gasteiger partial charge in [-0.15, -0.1) is 0 Å². The fourth-order valence-electron chi connectivity index (χ4n) is 3.88. The van der Waals surface area contributed by atoms with Crippen LogP contribution in [0, 0.1) is 44.4 Å². The van der Waals surface area contributed by atoms with Crippen LogP contribution in [0.15, 0.2) is 12.1 Å². The summed E-state index contributed by atoms with van der Waals surface area (Å²) in [6, 6.07) is 4.82. The molecule has 0 nitrogen and oxygen atoms in total. The maximum Gasteiger partial charge on any atom is -0.0250 e. The standard InChI is InChI=1S/C19H30/c1-12-7-18(8-13(2)16(12)5)11-19-9-14(3)17(6)15(4)10-19/h7-8,14-15,17,19H,9-11H2,1-6H3. The first-order chi connectivity index (χ1) is 8.88. The molecule has 0 aromatic heterocycles. The molecule has 0 aliphatic heterocycles. The number of aryl methyl sites for hydroxylation is 2. The van der Waals surface area contributed by atoms with Gasteiger partial charge >= 0.3 is 0 Å². The summed E-state index contributed by atoms with van der Waals surface area (Å²) < 4.78 is 0. The van der Waals surface area contributed by atoms with Crippen molar-refractivity contribution in [3.63, 3.8) is 0 Å². The third-order valence-corrected chi connectivity index (χ3v) is 5.72. The fourth-order valence-corrected chi connectivity index (χ4v) is 3.88. The molecule has 0 heterocycles. The maximum atomic E-state index is 2.44. The predicted molar refractivity (Wildman–Crippen MR) is 84.6 cm³/mol. The smallest absolute Gasteiger partial charge is 0.0250 e. The molecule has 1 fully saturated rings. The van der Waals surface area contributed by atoms with Crippen molar-refractivity contribution in [3.05, 3.63) is 34.4 Å². The zero-order valence-electron chi connectivity index (χ0n) is 13.6. The first kappa shape index (κ1) is 14.6. The van der Waals surface area contributed by atoms with Gasteiger partial charge in [0, 0.05) is 0 Å². The van der Waals surface area contributed by atoms with E-state index in [0.717, 1.165) is 23.7 Å². The van der Waals surface area contributed by atoms with Crippen molar-refractivity contribution in [3.8, 4) is 0 Å².